The van der Waals surface area contributed by atoms with Crippen molar-refractivity contribution in [3.63, 3.8) is 0 Å². The molecule has 1 N–H and O–H groups in total. The summed E-state index contributed by atoms with van der Waals surface area (Å²) in [5, 5.41) is 6.82. The fourth-order valence-electron chi connectivity index (χ4n) is 0.670. The molecule has 58 valence electrons. The molecule has 0 atom stereocenters. The second kappa shape index (κ2) is 4.53. The molecule has 0 bridgehead atoms. The standard InChI is InChI=1S/C8H10N2O/c1-2-3-5-9-7-8-4-6-11-10-8/h4,6,9H,5,7H2,1H3. The van der Waals surface area contributed by atoms with Crippen molar-refractivity contribution in [3.05, 3.63) is 18.0 Å². The lowest BCUT2D eigenvalue weighted by Gasteiger charge is -1.92. The Bertz CT molecular complexity index is 243. The lowest BCUT2D eigenvalue weighted by Crippen LogP contribution is -2.13. The molecule has 0 spiro atoms. The fraction of sp³-hybridized carbons (Fsp3) is 0.375. The molecule has 0 aliphatic carbocycles. The van der Waals surface area contributed by atoms with Crippen LogP contribution in [0.25, 0.3) is 0 Å². The molecule has 3 heteroatoms. The van der Waals surface area contributed by atoms with E-state index in [-0.39, 0.29) is 0 Å². The maximum atomic E-state index is 4.65. The highest BCUT2D eigenvalue weighted by molar-refractivity contribution is 4.99. The van der Waals surface area contributed by atoms with Crippen LogP contribution in [-0.2, 0) is 6.54 Å². The first-order valence-electron chi connectivity index (χ1n) is 3.43. The first-order chi connectivity index (χ1) is 5.43. The van der Waals surface area contributed by atoms with Crippen molar-refractivity contribution < 1.29 is 4.52 Å². The maximum Gasteiger partial charge on any atom is 0.124 e. The molecule has 3 nitrogen and oxygen atoms in total. The SMILES string of the molecule is CC#CCNCc1ccon1. The zero-order valence-electron chi connectivity index (χ0n) is 6.42. The van der Waals surface area contributed by atoms with E-state index < -0.39 is 0 Å². The van der Waals surface area contributed by atoms with Gasteiger partial charge in [0.15, 0.2) is 0 Å². The summed E-state index contributed by atoms with van der Waals surface area (Å²) in [6, 6.07) is 1.83. The van der Waals surface area contributed by atoms with Gasteiger partial charge in [0.25, 0.3) is 0 Å². The van der Waals surface area contributed by atoms with Crippen molar-refractivity contribution >= 4 is 0 Å². The molecule has 1 aromatic rings. The van der Waals surface area contributed by atoms with Gasteiger partial charge in [0.1, 0.15) is 6.26 Å². The van der Waals surface area contributed by atoms with Gasteiger partial charge in [-0.2, -0.15) is 0 Å². The summed E-state index contributed by atoms with van der Waals surface area (Å²) in [6.45, 7) is 3.23. The first-order valence-corrected chi connectivity index (χ1v) is 3.43. The fourth-order valence-corrected chi connectivity index (χ4v) is 0.670. The number of nitrogens with zero attached hydrogens (tertiary/aromatic N) is 1. The highest BCUT2D eigenvalue weighted by Gasteiger charge is 1.92. The second-order valence-electron chi connectivity index (χ2n) is 2.02. The summed E-state index contributed by atoms with van der Waals surface area (Å²) in [6.07, 6.45) is 1.56. The van der Waals surface area contributed by atoms with Crippen LogP contribution < -0.4 is 5.32 Å². The molecule has 0 aromatic carbocycles. The predicted molar refractivity (Wildman–Crippen MR) is 41.7 cm³/mol. The van der Waals surface area contributed by atoms with Gasteiger partial charge in [0.2, 0.25) is 0 Å². The Morgan fingerprint density at radius 2 is 2.64 bits per heavy atom. The number of hydrogen-bond donors (Lipinski definition) is 1. The summed E-state index contributed by atoms with van der Waals surface area (Å²) in [7, 11) is 0. The lowest BCUT2D eigenvalue weighted by atomic mass is 10.4. The van der Waals surface area contributed by atoms with Gasteiger partial charge in [-0.25, -0.2) is 0 Å². The van der Waals surface area contributed by atoms with Crippen LogP contribution in [0.4, 0.5) is 0 Å². The largest absolute Gasteiger partial charge is 0.364 e. The van der Waals surface area contributed by atoms with Crippen LogP contribution >= 0.6 is 0 Å². The third kappa shape index (κ3) is 2.87. The Morgan fingerprint density at radius 1 is 1.73 bits per heavy atom. The Kier molecular flexibility index (Phi) is 3.23. The molecule has 1 heterocycles. The summed E-state index contributed by atoms with van der Waals surface area (Å²) >= 11 is 0. The van der Waals surface area contributed by atoms with Crippen molar-refractivity contribution in [1.82, 2.24) is 10.5 Å². The summed E-state index contributed by atoms with van der Waals surface area (Å²) < 4.78 is 4.65. The van der Waals surface area contributed by atoms with Crippen molar-refractivity contribution in [2.24, 2.45) is 0 Å². The third-order valence-corrected chi connectivity index (χ3v) is 1.19. The van der Waals surface area contributed by atoms with Gasteiger partial charge >= 0.3 is 0 Å². The summed E-state index contributed by atoms with van der Waals surface area (Å²) in [5.74, 6) is 5.68. The molecule has 0 fully saturated rings. The van der Waals surface area contributed by atoms with Gasteiger partial charge in [-0.15, -0.1) is 5.92 Å². The van der Waals surface area contributed by atoms with Crippen LogP contribution in [-0.4, -0.2) is 11.7 Å². The van der Waals surface area contributed by atoms with Gasteiger partial charge in [-0.1, -0.05) is 11.1 Å². The Balaban J connectivity index is 2.17. The van der Waals surface area contributed by atoms with E-state index in [1.807, 2.05) is 13.0 Å². The van der Waals surface area contributed by atoms with Gasteiger partial charge in [-0.05, 0) is 6.92 Å². The van der Waals surface area contributed by atoms with E-state index in [1.165, 1.54) is 0 Å². The maximum absolute atomic E-state index is 4.65. The summed E-state index contributed by atoms with van der Waals surface area (Å²) in [5.41, 5.74) is 0.905. The van der Waals surface area contributed by atoms with E-state index in [0.717, 1.165) is 5.69 Å². The molecule has 11 heavy (non-hydrogen) atoms. The predicted octanol–water partition coefficient (Wildman–Crippen LogP) is 0.788. The van der Waals surface area contributed by atoms with E-state index in [0.29, 0.717) is 13.1 Å². The van der Waals surface area contributed by atoms with Gasteiger partial charge < -0.3 is 9.84 Å². The zero-order valence-corrected chi connectivity index (χ0v) is 6.42. The molecule has 0 saturated carbocycles. The molecular weight excluding hydrogens is 140 g/mol. The van der Waals surface area contributed by atoms with Crippen LogP contribution in [0.15, 0.2) is 16.9 Å². The Morgan fingerprint density at radius 3 is 3.27 bits per heavy atom. The average molecular weight is 150 g/mol. The highest BCUT2D eigenvalue weighted by atomic mass is 16.5. The third-order valence-electron chi connectivity index (χ3n) is 1.19. The average Bonchev–Trinajstić information content (AvgIpc) is 2.50. The minimum Gasteiger partial charge on any atom is -0.364 e. The van der Waals surface area contributed by atoms with E-state index in [4.69, 9.17) is 0 Å². The minimum absolute atomic E-state index is 0.698. The zero-order chi connectivity index (χ0) is 7.94. The Labute approximate surface area is 65.8 Å². The quantitative estimate of drug-likeness (QED) is 0.511. The Hall–Kier alpha value is -1.27. The van der Waals surface area contributed by atoms with Crippen molar-refractivity contribution in [1.29, 1.82) is 0 Å². The molecule has 0 amide bonds. The molecule has 0 unspecified atom stereocenters. The minimum atomic E-state index is 0.698. The molecule has 0 aliphatic rings. The first kappa shape index (κ1) is 7.83. The lowest BCUT2D eigenvalue weighted by molar-refractivity contribution is 0.409. The van der Waals surface area contributed by atoms with Crippen molar-refractivity contribution in [2.45, 2.75) is 13.5 Å². The number of aromatic nitrogens is 1. The monoisotopic (exact) mass is 150 g/mol. The van der Waals surface area contributed by atoms with Crippen molar-refractivity contribution in [3.8, 4) is 11.8 Å². The molecule has 0 radical (unpaired) electrons. The molecular formula is C8H10N2O. The summed E-state index contributed by atoms with van der Waals surface area (Å²) in [4.78, 5) is 0. The molecule has 1 rings (SSSR count). The van der Waals surface area contributed by atoms with Crippen molar-refractivity contribution in [2.75, 3.05) is 6.54 Å². The van der Waals surface area contributed by atoms with Crippen LogP contribution in [0.2, 0.25) is 0 Å². The number of rotatable bonds is 3. The van der Waals surface area contributed by atoms with E-state index in [1.54, 1.807) is 6.26 Å². The smallest absolute Gasteiger partial charge is 0.124 e. The van der Waals surface area contributed by atoms with Crippen LogP contribution in [0, 0.1) is 11.8 Å². The van der Waals surface area contributed by atoms with Gasteiger partial charge in [0.05, 0.1) is 12.2 Å². The number of hydrogen-bond acceptors (Lipinski definition) is 3. The van der Waals surface area contributed by atoms with Crippen LogP contribution in [0.3, 0.4) is 0 Å². The number of nitrogens with one attached hydrogen (secondary N) is 1. The molecule has 0 aliphatic heterocycles. The molecule has 1 aromatic heterocycles. The van der Waals surface area contributed by atoms with E-state index in [9.17, 15) is 0 Å². The molecule has 0 saturated heterocycles. The topological polar surface area (TPSA) is 38.1 Å². The van der Waals surface area contributed by atoms with E-state index >= 15 is 0 Å². The van der Waals surface area contributed by atoms with Crippen LogP contribution in [0.1, 0.15) is 12.6 Å². The van der Waals surface area contributed by atoms with Crippen LogP contribution in [0.5, 0.6) is 0 Å². The van der Waals surface area contributed by atoms with E-state index in [2.05, 4.69) is 26.8 Å². The van der Waals surface area contributed by atoms with Gasteiger partial charge in [-0.3, -0.25) is 0 Å². The van der Waals surface area contributed by atoms with Gasteiger partial charge in [0, 0.05) is 12.6 Å². The normalized spacial score (nSPS) is 8.82. The second-order valence-corrected chi connectivity index (χ2v) is 2.02. The highest BCUT2D eigenvalue weighted by Crippen LogP contribution is 1.91.